The zero-order valence-corrected chi connectivity index (χ0v) is 15.0. The van der Waals surface area contributed by atoms with E-state index in [2.05, 4.69) is 22.1 Å². The summed E-state index contributed by atoms with van der Waals surface area (Å²) in [6.07, 6.45) is 4.64. The number of nitrogens with zero attached hydrogens (tertiary/aromatic N) is 2. The van der Waals surface area contributed by atoms with Crippen molar-refractivity contribution >= 4 is 17.6 Å². The Balaban J connectivity index is 1.56. The summed E-state index contributed by atoms with van der Waals surface area (Å²) in [5.74, 6) is 1.63. The van der Waals surface area contributed by atoms with Crippen molar-refractivity contribution in [2.75, 3.05) is 13.2 Å². The highest BCUT2D eigenvalue weighted by Gasteiger charge is 2.25. The Morgan fingerprint density at radius 1 is 1.36 bits per heavy atom. The van der Waals surface area contributed by atoms with E-state index in [4.69, 9.17) is 21.1 Å². The molecular formula is C19H21ClN2O3. The van der Waals surface area contributed by atoms with E-state index in [0.717, 1.165) is 18.6 Å². The summed E-state index contributed by atoms with van der Waals surface area (Å²) >= 11 is 5.85. The van der Waals surface area contributed by atoms with Gasteiger partial charge in [0.2, 0.25) is 0 Å². The van der Waals surface area contributed by atoms with Gasteiger partial charge in [0.15, 0.2) is 0 Å². The van der Waals surface area contributed by atoms with Gasteiger partial charge in [-0.15, -0.1) is 0 Å². The van der Waals surface area contributed by atoms with Gasteiger partial charge in [-0.3, -0.25) is 4.79 Å². The average molecular weight is 361 g/mol. The summed E-state index contributed by atoms with van der Waals surface area (Å²) in [4.78, 5) is 20.0. The lowest BCUT2D eigenvalue weighted by Crippen LogP contribution is -2.08. The minimum Gasteiger partial charge on any atom is -0.493 e. The number of esters is 1. The van der Waals surface area contributed by atoms with E-state index in [-0.39, 0.29) is 11.9 Å². The number of aromatic nitrogens is 2. The van der Waals surface area contributed by atoms with Crippen molar-refractivity contribution in [1.82, 2.24) is 9.97 Å². The first-order chi connectivity index (χ1) is 12.2. The third-order valence-corrected chi connectivity index (χ3v) is 4.51. The molecule has 0 bridgehead atoms. The molecule has 1 aromatic heterocycles. The molecule has 0 aliphatic heterocycles. The first kappa shape index (κ1) is 17.7. The Kier molecular flexibility index (Phi) is 5.87. The number of halogens is 1. The SMILES string of the molecule is CCOC(=O)C[C@@H]1CCc2cc(OCCc3nccc(Cl)n3)ccc21. The highest BCUT2D eigenvalue weighted by Crippen LogP contribution is 2.37. The van der Waals surface area contributed by atoms with Crippen molar-refractivity contribution in [2.45, 2.75) is 38.5 Å². The maximum Gasteiger partial charge on any atom is 0.306 e. The highest BCUT2D eigenvalue weighted by atomic mass is 35.5. The Bertz CT molecular complexity index is 751. The van der Waals surface area contributed by atoms with E-state index in [1.54, 1.807) is 12.3 Å². The fourth-order valence-corrected chi connectivity index (χ4v) is 3.31. The molecule has 0 saturated carbocycles. The quantitative estimate of drug-likeness (QED) is 0.556. The highest BCUT2D eigenvalue weighted by molar-refractivity contribution is 6.29. The second-order valence-electron chi connectivity index (χ2n) is 6.00. The molecule has 1 aliphatic rings. The molecule has 0 saturated heterocycles. The summed E-state index contributed by atoms with van der Waals surface area (Å²) in [5, 5.41) is 0.440. The van der Waals surface area contributed by atoms with Crippen LogP contribution in [0.1, 0.15) is 42.6 Å². The van der Waals surface area contributed by atoms with Crippen LogP contribution in [0.2, 0.25) is 5.15 Å². The van der Waals surface area contributed by atoms with Crippen molar-refractivity contribution in [2.24, 2.45) is 0 Å². The molecule has 1 atom stereocenters. The van der Waals surface area contributed by atoms with Crippen LogP contribution >= 0.6 is 11.6 Å². The predicted molar refractivity (Wildman–Crippen MR) is 95.0 cm³/mol. The number of fused-ring (bicyclic) bond motifs is 1. The molecule has 0 amide bonds. The summed E-state index contributed by atoms with van der Waals surface area (Å²) < 4.78 is 10.9. The number of hydrogen-bond acceptors (Lipinski definition) is 5. The van der Waals surface area contributed by atoms with Crippen LogP contribution in [0.15, 0.2) is 30.5 Å². The van der Waals surface area contributed by atoms with Crippen molar-refractivity contribution in [3.63, 3.8) is 0 Å². The molecule has 25 heavy (non-hydrogen) atoms. The number of hydrogen-bond donors (Lipinski definition) is 0. The van der Waals surface area contributed by atoms with E-state index < -0.39 is 0 Å². The van der Waals surface area contributed by atoms with Crippen molar-refractivity contribution < 1.29 is 14.3 Å². The van der Waals surface area contributed by atoms with E-state index in [9.17, 15) is 4.79 Å². The van der Waals surface area contributed by atoms with Crippen LogP contribution in [0.5, 0.6) is 5.75 Å². The van der Waals surface area contributed by atoms with Crippen LogP contribution in [0.4, 0.5) is 0 Å². The van der Waals surface area contributed by atoms with Crippen LogP contribution in [-0.4, -0.2) is 29.2 Å². The lowest BCUT2D eigenvalue weighted by Gasteiger charge is -2.12. The van der Waals surface area contributed by atoms with Gasteiger partial charge >= 0.3 is 5.97 Å². The van der Waals surface area contributed by atoms with Gasteiger partial charge in [-0.25, -0.2) is 9.97 Å². The van der Waals surface area contributed by atoms with Crippen LogP contribution < -0.4 is 4.74 Å². The van der Waals surface area contributed by atoms with Gasteiger partial charge in [0, 0.05) is 12.6 Å². The standard InChI is InChI=1S/C19H21ClN2O3/c1-2-24-19(23)12-14-4-3-13-11-15(5-6-16(13)14)25-10-8-18-21-9-7-17(20)22-18/h5-7,9,11,14H,2-4,8,10,12H2,1H3/t14-/m0/s1. The van der Waals surface area contributed by atoms with Gasteiger partial charge in [-0.1, -0.05) is 17.7 Å². The van der Waals surface area contributed by atoms with Gasteiger partial charge in [-0.05, 0) is 55.0 Å². The molecule has 5 nitrogen and oxygen atoms in total. The van der Waals surface area contributed by atoms with Crippen LogP contribution in [0.25, 0.3) is 0 Å². The lowest BCUT2D eigenvalue weighted by atomic mass is 9.98. The fraction of sp³-hybridized carbons (Fsp3) is 0.421. The third-order valence-electron chi connectivity index (χ3n) is 4.30. The number of carbonyl (C=O) groups is 1. The van der Waals surface area contributed by atoms with Gasteiger partial charge in [0.25, 0.3) is 0 Å². The van der Waals surface area contributed by atoms with Gasteiger partial charge < -0.3 is 9.47 Å². The number of aryl methyl sites for hydroxylation is 1. The molecule has 0 N–H and O–H groups in total. The zero-order chi connectivity index (χ0) is 17.6. The molecule has 3 rings (SSSR count). The lowest BCUT2D eigenvalue weighted by molar-refractivity contribution is -0.143. The molecule has 0 spiro atoms. The maximum absolute atomic E-state index is 11.7. The minimum absolute atomic E-state index is 0.123. The zero-order valence-electron chi connectivity index (χ0n) is 14.2. The van der Waals surface area contributed by atoms with Crippen LogP contribution in [0, 0.1) is 0 Å². The Morgan fingerprint density at radius 2 is 2.24 bits per heavy atom. The first-order valence-corrected chi connectivity index (χ1v) is 8.92. The molecule has 6 heteroatoms. The number of carbonyl (C=O) groups excluding carboxylic acids is 1. The molecule has 1 aromatic carbocycles. The second-order valence-corrected chi connectivity index (χ2v) is 6.39. The average Bonchev–Trinajstić information content (AvgIpc) is 2.97. The van der Waals surface area contributed by atoms with Gasteiger partial charge in [0.05, 0.1) is 19.6 Å². The van der Waals surface area contributed by atoms with Crippen molar-refractivity contribution in [3.8, 4) is 5.75 Å². The normalized spacial score (nSPS) is 15.7. The van der Waals surface area contributed by atoms with Crippen molar-refractivity contribution in [3.05, 3.63) is 52.6 Å². The second kappa shape index (κ2) is 8.30. The number of rotatable bonds is 7. The Hall–Kier alpha value is -2.14. The summed E-state index contributed by atoms with van der Waals surface area (Å²) in [7, 11) is 0. The molecule has 0 radical (unpaired) electrons. The summed E-state index contributed by atoms with van der Waals surface area (Å²) in [5.41, 5.74) is 2.49. The molecule has 132 valence electrons. The Morgan fingerprint density at radius 3 is 3.04 bits per heavy atom. The van der Waals surface area contributed by atoms with E-state index in [1.807, 2.05) is 13.0 Å². The number of ether oxygens (including phenoxy) is 2. The van der Waals surface area contributed by atoms with E-state index in [0.29, 0.717) is 37.0 Å². The molecule has 0 unspecified atom stereocenters. The van der Waals surface area contributed by atoms with Crippen LogP contribution in [-0.2, 0) is 22.4 Å². The smallest absolute Gasteiger partial charge is 0.306 e. The molecule has 1 heterocycles. The third kappa shape index (κ3) is 4.69. The molecule has 1 aliphatic carbocycles. The molecule has 0 fully saturated rings. The van der Waals surface area contributed by atoms with E-state index in [1.165, 1.54) is 11.1 Å². The van der Waals surface area contributed by atoms with Crippen LogP contribution in [0.3, 0.4) is 0 Å². The largest absolute Gasteiger partial charge is 0.493 e. The van der Waals surface area contributed by atoms with E-state index >= 15 is 0 Å². The van der Waals surface area contributed by atoms with Gasteiger partial charge in [0.1, 0.15) is 16.7 Å². The first-order valence-electron chi connectivity index (χ1n) is 8.54. The van der Waals surface area contributed by atoms with Gasteiger partial charge in [-0.2, -0.15) is 0 Å². The summed E-state index contributed by atoms with van der Waals surface area (Å²) in [6, 6.07) is 7.75. The maximum atomic E-state index is 11.7. The minimum atomic E-state index is -0.123. The molecular weight excluding hydrogens is 340 g/mol. The number of benzene rings is 1. The summed E-state index contributed by atoms with van der Waals surface area (Å²) in [6.45, 7) is 2.76. The Labute approximate surface area is 152 Å². The predicted octanol–water partition coefficient (Wildman–Crippen LogP) is 3.73. The topological polar surface area (TPSA) is 61.3 Å². The fourth-order valence-electron chi connectivity index (χ4n) is 3.16. The monoisotopic (exact) mass is 360 g/mol. The molecule has 2 aromatic rings. The van der Waals surface area contributed by atoms with Crippen molar-refractivity contribution in [1.29, 1.82) is 0 Å².